The second-order valence-electron chi connectivity index (χ2n) is 6.21. The number of nitrogens with zero attached hydrogens (tertiary/aromatic N) is 1. The van der Waals surface area contributed by atoms with Crippen LogP contribution in [0.5, 0.6) is 5.75 Å². The average molecular weight is 354 g/mol. The lowest BCUT2D eigenvalue weighted by Gasteiger charge is -2.25. The van der Waals surface area contributed by atoms with Crippen molar-refractivity contribution in [3.05, 3.63) is 23.8 Å². The van der Waals surface area contributed by atoms with E-state index in [9.17, 15) is 18.5 Å². The van der Waals surface area contributed by atoms with Crippen LogP contribution < -0.4 is 20.3 Å². The van der Waals surface area contributed by atoms with Gasteiger partial charge in [0.2, 0.25) is 5.91 Å². The summed E-state index contributed by atoms with van der Waals surface area (Å²) < 4.78 is 30.1. The summed E-state index contributed by atoms with van der Waals surface area (Å²) in [7, 11) is -3.99. The van der Waals surface area contributed by atoms with Crippen LogP contribution in [0.1, 0.15) is 38.7 Å². The van der Waals surface area contributed by atoms with E-state index < -0.39 is 10.2 Å². The molecule has 8 nitrogen and oxygen atoms in total. The fourth-order valence-corrected chi connectivity index (χ4v) is 2.57. The predicted octanol–water partition coefficient (Wildman–Crippen LogP) is 1.23. The molecule has 0 bridgehead atoms. The summed E-state index contributed by atoms with van der Waals surface area (Å²) in [6.45, 7) is 4.22. The van der Waals surface area contributed by atoms with Gasteiger partial charge in [-0.05, 0) is 30.4 Å². The van der Waals surface area contributed by atoms with Crippen LogP contribution >= 0.6 is 0 Å². The highest BCUT2D eigenvalue weighted by Gasteiger charge is 2.21. The van der Waals surface area contributed by atoms with Crippen molar-refractivity contribution in [3.8, 4) is 11.8 Å². The quantitative estimate of drug-likeness (QED) is 0.610. The average Bonchev–Trinajstić information content (AvgIpc) is 2.43. The summed E-state index contributed by atoms with van der Waals surface area (Å²) in [5, 5.41) is 14.2. The van der Waals surface area contributed by atoms with Crippen molar-refractivity contribution >= 4 is 21.8 Å². The molecule has 0 spiro atoms. The summed E-state index contributed by atoms with van der Waals surface area (Å²) >= 11 is 0. The Bertz CT molecular complexity index is 738. The minimum atomic E-state index is -3.99. The molecule has 1 amide bonds. The van der Waals surface area contributed by atoms with Crippen LogP contribution in [0.25, 0.3) is 0 Å². The van der Waals surface area contributed by atoms with E-state index in [1.807, 2.05) is 19.9 Å². The minimum absolute atomic E-state index is 0.0551. The molecule has 0 heterocycles. The number of benzene rings is 1. The number of primary amides is 1. The molecular formula is C15H22N4O4S. The standard InChI is InChI=1S/C15H22N4O4S/c1-15(2,8-4-7-14(17)20)10-23-13-6-3-5-12(11(13)9-16)19-24(18,21)22/h3,5-6,19H,4,7-8,10H2,1-2H3,(H2,17,20)(H2,18,21,22). The van der Waals surface area contributed by atoms with E-state index >= 15 is 0 Å². The van der Waals surface area contributed by atoms with Crippen molar-refractivity contribution in [1.82, 2.24) is 0 Å². The number of ether oxygens (including phenoxy) is 1. The zero-order chi connectivity index (χ0) is 18.4. The number of nitrogens with one attached hydrogen (secondary N) is 1. The van der Waals surface area contributed by atoms with Gasteiger partial charge in [0, 0.05) is 6.42 Å². The van der Waals surface area contributed by atoms with Gasteiger partial charge >= 0.3 is 0 Å². The number of anilines is 1. The topological polar surface area (TPSA) is 148 Å². The van der Waals surface area contributed by atoms with Crippen molar-refractivity contribution in [2.24, 2.45) is 16.3 Å². The molecule has 0 aliphatic carbocycles. The highest BCUT2D eigenvalue weighted by molar-refractivity contribution is 7.90. The Labute approximate surface area is 142 Å². The molecule has 1 aromatic carbocycles. The van der Waals surface area contributed by atoms with Gasteiger partial charge in [-0.3, -0.25) is 9.52 Å². The van der Waals surface area contributed by atoms with E-state index in [-0.39, 0.29) is 28.3 Å². The Balaban J connectivity index is 2.83. The number of carbonyl (C=O) groups excluding carboxylic acids is 1. The van der Waals surface area contributed by atoms with Gasteiger partial charge in [0.05, 0.1) is 12.3 Å². The Morgan fingerprint density at radius 3 is 2.62 bits per heavy atom. The number of amides is 1. The summed E-state index contributed by atoms with van der Waals surface area (Å²) in [6.07, 6.45) is 1.66. The van der Waals surface area contributed by atoms with E-state index in [1.165, 1.54) is 6.07 Å². The van der Waals surface area contributed by atoms with Crippen LogP contribution in [0, 0.1) is 16.7 Å². The number of rotatable bonds is 9. The van der Waals surface area contributed by atoms with E-state index in [4.69, 9.17) is 15.6 Å². The highest BCUT2D eigenvalue weighted by Crippen LogP contribution is 2.29. The molecule has 5 N–H and O–H groups in total. The Hall–Kier alpha value is -2.31. The Morgan fingerprint density at radius 2 is 2.08 bits per heavy atom. The predicted molar refractivity (Wildman–Crippen MR) is 90.2 cm³/mol. The molecule has 9 heteroatoms. The van der Waals surface area contributed by atoms with E-state index in [0.29, 0.717) is 25.9 Å². The first-order chi connectivity index (χ1) is 11.0. The van der Waals surface area contributed by atoms with Crippen LogP contribution in [-0.4, -0.2) is 20.9 Å². The summed E-state index contributed by atoms with van der Waals surface area (Å²) in [5.41, 5.74) is 4.99. The van der Waals surface area contributed by atoms with E-state index in [2.05, 4.69) is 4.72 Å². The van der Waals surface area contributed by atoms with E-state index in [0.717, 1.165) is 0 Å². The SMILES string of the molecule is CC(C)(CCCC(N)=O)COc1cccc(NS(N)(=O)=O)c1C#N. The number of carbonyl (C=O) groups is 1. The monoisotopic (exact) mass is 354 g/mol. The van der Waals surface area contributed by atoms with Crippen LogP contribution in [0.2, 0.25) is 0 Å². The van der Waals surface area contributed by atoms with Crippen molar-refractivity contribution in [2.45, 2.75) is 33.1 Å². The zero-order valence-electron chi connectivity index (χ0n) is 13.7. The summed E-state index contributed by atoms with van der Waals surface area (Å²) in [5.74, 6) is -0.0885. The van der Waals surface area contributed by atoms with Crippen LogP contribution in [-0.2, 0) is 15.0 Å². The maximum Gasteiger partial charge on any atom is 0.296 e. The first kappa shape index (κ1) is 19.7. The molecule has 0 radical (unpaired) electrons. The first-order valence-electron chi connectivity index (χ1n) is 7.29. The molecule has 132 valence electrons. The summed E-state index contributed by atoms with van der Waals surface area (Å²) in [6, 6.07) is 6.47. The number of hydrogen-bond donors (Lipinski definition) is 3. The maximum absolute atomic E-state index is 11.1. The van der Waals surface area contributed by atoms with Gasteiger partial charge < -0.3 is 10.5 Å². The molecule has 0 atom stereocenters. The molecule has 24 heavy (non-hydrogen) atoms. The molecular weight excluding hydrogens is 332 g/mol. The lowest BCUT2D eigenvalue weighted by atomic mass is 9.88. The second kappa shape index (κ2) is 7.99. The zero-order valence-corrected chi connectivity index (χ0v) is 14.5. The molecule has 1 aromatic rings. The van der Waals surface area contributed by atoms with Gasteiger partial charge in [-0.2, -0.15) is 13.7 Å². The largest absolute Gasteiger partial charge is 0.492 e. The smallest absolute Gasteiger partial charge is 0.296 e. The fourth-order valence-electron chi connectivity index (χ4n) is 2.09. The van der Waals surface area contributed by atoms with Crippen molar-refractivity contribution in [2.75, 3.05) is 11.3 Å². The molecule has 0 saturated carbocycles. The van der Waals surface area contributed by atoms with Crippen molar-refractivity contribution in [3.63, 3.8) is 0 Å². The van der Waals surface area contributed by atoms with Gasteiger partial charge in [0.25, 0.3) is 10.2 Å². The number of hydrogen-bond acceptors (Lipinski definition) is 5. The van der Waals surface area contributed by atoms with Crippen molar-refractivity contribution in [1.29, 1.82) is 5.26 Å². The summed E-state index contributed by atoms with van der Waals surface area (Å²) in [4.78, 5) is 10.8. The van der Waals surface area contributed by atoms with Gasteiger partial charge in [0.1, 0.15) is 17.4 Å². The van der Waals surface area contributed by atoms with E-state index in [1.54, 1.807) is 12.1 Å². The van der Waals surface area contributed by atoms with Gasteiger partial charge in [-0.1, -0.05) is 19.9 Å². The number of nitriles is 1. The first-order valence-corrected chi connectivity index (χ1v) is 8.83. The van der Waals surface area contributed by atoms with Crippen LogP contribution in [0.3, 0.4) is 0 Å². The molecule has 0 saturated heterocycles. The lowest BCUT2D eigenvalue weighted by molar-refractivity contribution is -0.118. The molecule has 1 rings (SSSR count). The molecule has 0 aromatic heterocycles. The van der Waals surface area contributed by atoms with Gasteiger partial charge in [0.15, 0.2) is 0 Å². The minimum Gasteiger partial charge on any atom is -0.492 e. The highest BCUT2D eigenvalue weighted by atomic mass is 32.2. The third-order valence-corrected chi connectivity index (χ3v) is 3.79. The molecule has 0 fully saturated rings. The second-order valence-corrected chi connectivity index (χ2v) is 7.50. The molecule has 0 aliphatic heterocycles. The van der Waals surface area contributed by atoms with Crippen LogP contribution in [0.15, 0.2) is 18.2 Å². The van der Waals surface area contributed by atoms with Crippen molar-refractivity contribution < 1.29 is 17.9 Å². The Kier molecular flexibility index (Phi) is 6.57. The fraction of sp³-hybridized carbons (Fsp3) is 0.467. The molecule has 0 unspecified atom stereocenters. The molecule has 0 aliphatic rings. The normalized spacial score (nSPS) is 11.6. The maximum atomic E-state index is 11.1. The van der Waals surface area contributed by atoms with Gasteiger partial charge in [-0.25, -0.2) is 5.14 Å². The van der Waals surface area contributed by atoms with Gasteiger partial charge in [-0.15, -0.1) is 0 Å². The number of nitrogens with two attached hydrogens (primary N) is 2. The van der Waals surface area contributed by atoms with Crippen LogP contribution in [0.4, 0.5) is 5.69 Å². The third kappa shape index (κ3) is 6.85. The third-order valence-electron chi connectivity index (χ3n) is 3.29. The Morgan fingerprint density at radius 1 is 1.42 bits per heavy atom. The lowest BCUT2D eigenvalue weighted by Crippen LogP contribution is -2.24.